The van der Waals surface area contributed by atoms with Gasteiger partial charge in [-0.25, -0.2) is 0 Å². The normalized spacial score (nSPS) is 27.5. The summed E-state index contributed by atoms with van der Waals surface area (Å²) in [5.41, 5.74) is 0.737. The molecule has 2 heterocycles. The molecule has 0 saturated carbocycles. The van der Waals surface area contributed by atoms with Crippen molar-refractivity contribution >= 4 is 0 Å². The molecule has 2 unspecified atom stereocenters. The molecule has 2 aliphatic rings. The zero-order chi connectivity index (χ0) is 18.7. The van der Waals surface area contributed by atoms with Crippen LogP contribution in [0.3, 0.4) is 0 Å². The van der Waals surface area contributed by atoms with E-state index < -0.39 is 5.60 Å². The zero-order valence-corrected chi connectivity index (χ0v) is 16.0. The molecule has 2 bridgehead atoms. The first kappa shape index (κ1) is 18.3. The molecule has 4 rings (SSSR count). The lowest BCUT2D eigenvalue weighted by molar-refractivity contribution is -0.0655. The molecule has 2 aliphatic heterocycles. The Kier molecular flexibility index (Phi) is 5.37. The van der Waals surface area contributed by atoms with Gasteiger partial charge in [0, 0.05) is 25.0 Å². The second-order valence-corrected chi connectivity index (χ2v) is 7.92. The molecule has 0 aromatic heterocycles. The summed E-state index contributed by atoms with van der Waals surface area (Å²) in [5.74, 6) is 1.48. The van der Waals surface area contributed by atoms with Crippen LogP contribution >= 0.6 is 0 Å². The Labute approximate surface area is 161 Å². The monoisotopic (exact) mass is 367 g/mol. The van der Waals surface area contributed by atoms with Crippen molar-refractivity contribution in [3.63, 3.8) is 0 Å². The number of nitrogens with zero attached hydrogens (tertiary/aromatic N) is 1. The van der Waals surface area contributed by atoms with Gasteiger partial charge in [0.05, 0.1) is 19.3 Å². The van der Waals surface area contributed by atoms with Crippen molar-refractivity contribution in [2.75, 3.05) is 13.7 Å². The van der Waals surface area contributed by atoms with E-state index in [9.17, 15) is 5.11 Å². The van der Waals surface area contributed by atoms with Crippen LogP contribution in [0.5, 0.6) is 11.5 Å². The number of ether oxygens (including phenoxy) is 2. The van der Waals surface area contributed by atoms with Gasteiger partial charge in [-0.15, -0.1) is 0 Å². The first-order chi connectivity index (χ1) is 13.2. The maximum Gasteiger partial charge on any atom is 0.161 e. The number of methoxy groups -OCH3 is 1. The lowest BCUT2D eigenvalue weighted by Crippen LogP contribution is -2.51. The van der Waals surface area contributed by atoms with Gasteiger partial charge in [0.1, 0.15) is 0 Å². The van der Waals surface area contributed by atoms with Crippen LogP contribution in [0, 0.1) is 0 Å². The quantitative estimate of drug-likeness (QED) is 0.802. The SMILES string of the molecule is COc1ccccc1OCCC1(O)CC2CCC(C1)N2Cc1ccccc1. The van der Waals surface area contributed by atoms with E-state index in [4.69, 9.17) is 9.47 Å². The summed E-state index contributed by atoms with van der Waals surface area (Å²) >= 11 is 0. The number of fused-ring (bicyclic) bond motifs is 2. The molecule has 0 amide bonds. The van der Waals surface area contributed by atoms with Gasteiger partial charge in [0.2, 0.25) is 0 Å². The Morgan fingerprint density at radius 1 is 0.963 bits per heavy atom. The van der Waals surface area contributed by atoms with E-state index in [2.05, 4.69) is 35.2 Å². The van der Waals surface area contributed by atoms with Crippen molar-refractivity contribution in [3.8, 4) is 11.5 Å². The van der Waals surface area contributed by atoms with Crippen LogP contribution in [0.25, 0.3) is 0 Å². The number of hydrogen-bond donors (Lipinski definition) is 1. The number of benzene rings is 2. The van der Waals surface area contributed by atoms with E-state index in [1.165, 1.54) is 18.4 Å². The maximum atomic E-state index is 11.2. The van der Waals surface area contributed by atoms with Gasteiger partial charge in [0.15, 0.2) is 11.5 Å². The number of aliphatic hydroxyl groups is 1. The molecule has 144 valence electrons. The third-order valence-electron chi connectivity index (χ3n) is 6.10. The minimum absolute atomic E-state index is 0.472. The molecular weight excluding hydrogens is 338 g/mol. The lowest BCUT2D eigenvalue weighted by atomic mass is 9.83. The Morgan fingerprint density at radius 2 is 1.59 bits per heavy atom. The number of para-hydroxylation sites is 2. The van der Waals surface area contributed by atoms with Crippen molar-refractivity contribution in [1.29, 1.82) is 0 Å². The second-order valence-electron chi connectivity index (χ2n) is 7.92. The van der Waals surface area contributed by atoms with Gasteiger partial charge < -0.3 is 14.6 Å². The number of piperidine rings is 1. The molecule has 2 saturated heterocycles. The predicted octanol–water partition coefficient (Wildman–Crippen LogP) is 4.02. The average molecular weight is 367 g/mol. The molecule has 1 N–H and O–H groups in total. The lowest BCUT2D eigenvalue weighted by Gasteiger charge is -2.44. The van der Waals surface area contributed by atoms with Crippen LogP contribution in [-0.4, -0.2) is 41.4 Å². The van der Waals surface area contributed by atoms with Gasteiger partial charge >= 0.3 is 0 Å². The van der Waals surface area contributed by atoms with Gasteiger partial charge in [-0.05, 0) is 43.4 Å². The molecule has 2 aromatic rings. The van der Waals surface area contributed by atoms with Crippen LogP contribution in [0.1, 0.15) is 37.7 Å². The van der Waals surface area contributed by atoms with E-state index in [1.54, 1.807) is 7.11 Å². The fourth-order valence-corrected chi connectivity index (χ4v) is 4.76. The Hall–Kier alpha value is -2.04. The van der Waals surface area contributed by atoms with Crippen molar-refractivity contribution in [2.45, 2.75) is 56.3 Å². The molecule has 2 atom stereocenters. The van der Waals surface area contributed by atoms with Crippen LogP contribution in [0.15, 0.2) is 54.6 Å². The molecule has 4 heteroatoms. The highest BCUT2D eigenvalue weighted by Gasteiger charge is 2.47. The van der Waals surface area contributed by atoms with Gasteiger partial charge in [-0.2, -0.15) is 0 Å². The van der Waals surface area contributed by atoms with E-state index >= 15 is 0 Å². The van der Waals surface area contributed by atoms with Gasteiger partial charge in [-0.1, -0.05) is 42.5 Å². The standard InChI is InChI=1S/C23H29NO3/c1-26-21-9-5-6-10-22(21)27-14-13-23(25)15-19-11-12-20(16-23)24(19)17-18-7-3-2-4-8-18/h2-10,19-20,25H,11-17H2,1H3. The van der Waals surface area contributed by atoms with Crippen molar-refractivity contribution < 1.29 is 14.6 Å². The third kappa shape index (κ3) is 4.12. The van der Waals surface area contributed by atoms with Crippen LogP contribution in [-0.2, 0) is 6.54 Å². The molecule has 2 aromatic carbocycles. The minimum Gasteiger partial charge on any atom is -0.493 e. The third-order valence-corrected chi connectivity index (χ3v) is 6.10. The summed E-state index contributed by atoms with van der Waals surface area (Å²) in [6.07, 6.45) is 4.72. The maximum absolute atomic E-state index is 11.2. The van der Waals surface area contributed by atoms with E-state index in [0.717, 1.165) is 30.9 Å². The fourth-order valence-electron chi connectivity index (χ4n) is 4.76. The van der Waals surface area contributed by atoms with E-state index in [1.807, 2.05) is 24.3 Å². The highest BCUT2D eigenvalue weighted by Crippen LogP contribution is 2.43. The highest BCUT2D eigenvalue weighted by atomic mass is 16.5. The number of hydrogen-bond acceptors (Lipinski definition) is 4. The average Bonchev–Trinajstić information content (AvgIpc) is 2.93. The topological polar surface area (TPSA) is 41.9 Å². The van der Waals surface area contributed by atoms with Gasteiger partial charge in [-0.3, -0.25) is 4.90 Å². The summed E-state index contributed by atoms with van der Waals surface area (Å²) < 4.78 is 11.2. The summed E-state index contributed by atoms with van der Waals surface area (Å²) in [7, 11) is 1.65. The van der Waals surface area contributed by atoms with E-state index in [0.29, 0.717) is 25.1 Å². The van der Waals surface area contributed by atoms with Crippen molar-refractivity contribution in [2.24, 2.45) is 0 Å². The van der Waals surface area contributed by atoms with Crippen LogP contribution < -0.4 is 9.47 Å². The molecule has 4 nitrogen and oxygen atoms in total. The Bertz CT molecular complexity index is 734. The Morgan fingerprint density at radius 3 is 2.26 bits per heavy atom. The molecular formula is C23H29NO3. The predicted molar refractivity (Wildman–Crippen MR) is 106 cm³/mol. The smallest absolute Gasteiger partial charge is 0.161 e. The zero-order valence-electron chi connectivity index (χ0n) is 16.0. The largest absolute Gasteiger partial charge is 0.493 e. The first-order valence-electron chi connectivity index (χ1n) is 9.95. The Balaban J connectivity index is 1.34. The van der Waals surface area contributed by atoms with Crippen molar-refractivity contribution in [1.82, 2.24) is 4.90 Å². The molecule has 27 heavy (non-hydrogen) atoms. The fraction of sp³-hybridized carbons (Fsp3) is 0.478. The first-order valence-corrected chi connectivity index (χ1v) is 9.95. The van der Waals surface area contributed by atoms with Gasteiger partial charge in [0.25, 0.3) is 0 Å². The number of rotatable bonds is 7. The van der Waals surface area contributed by atoms with E-state index in [-0.39, 0.29) is 0 Å². The molecule has 0 aliphatic carbocycles. The molecule has 0 radical (unpaired) electrons. The minimum atomic E-state index is -0.624. The summed E-state index contributed by atoms with van der Waals surface area (Å²) in [6.45, 7) is 1.50. The molecule has 2 fully saturated rings. The second kappa shape index (κ2) is 7.91. The summed E-state index contributed by atoms with van der Waals surface area (Å²) in [5, 5.41) is 11.2. The summed E-state index contributed by atoms with van der Waals surface area (Å²) in [6, 6.07) is 19.3. The molecule has 0 spiro atoms. The van der Waals surface area contributed by atoms with Crippen LogP contribution in [0.2, 0.25) is 0 Å². The van der Waals surface area contributed by atoms with Crippen molar-refractivity contribution in [3.05, 3.63) is 60.2 Å². The van der Waals surface area contributed by atoms with Crippen LogP contribution in [0.4, 0.5) is 0 Å². The summed E-state index contributed by atoms with van der Waals surface area (Å²) in [4.78, 5) is 2.60. The highest BCUT2D eigenvalue weighted by molar-refractivity contribution is 5.39.